The average Bonchev–Trinajstić information content (AvgIpc) is 2.49. The summed E-state index contributed by atoms with van der Waals surface area (Å²) in [7, 11) is 0. The fraction of sp³-hybridized carbons (Fsp3) is 0.222. The summed E-state index contributed by atoms with van der Waals surface area (Å²) in [5.74, 6) is 0. The van der Waals surface area contributed by atoms with Gasteiger partial charge in [-0.3, -0.25) is 15.3 Å². The third-order valence-electron chi connectivity index (χ3n) is 1.88. The fourth-order valence-corrected chi connectivity index (χ4v) is 2.13. The number of hydroxylamine groups is 2. The van der Waals surface area contributed by atoms with Crippen LogP contribution >= 0.6 is 11.8 Å². The zero-order valence-corrected chi connectivity index (χ0v) is 8.03. The molecule has 2 rings (SSSR count). The van der Waals surface area contributed by atoms with Gasteiger partial charge in [-0.15, -0.1) is 0 Å². The van der Waals surface area contributed by atoms with Gasteiger partial charge >= 0.3 is 0 Å². The summed E-state index contributed by atoms with van der Waals surface area (Å²) < 4.78 is 0. The van der Waals surface area contributed by atoms with Crippen LogP contribution in [-0.4, -0.2) is 20.6 Å². The summed E-state index contributed by atoms with van der Waals surface area (Å²) >= 11 is 1.64. The van der Waals surface area contributed by atoms with Gasteiger partial charge in [0.25, 0.3) is 0 Å². The van der Waals surface area contributed by atoms with Crippen LogP contribution in [0.1, 0.15) is 12.5 Å². The van der Waals surface area contributed by atoms with Gasteiger partial charge in [0.15, 0.2) is 0 Å². The largest absolute Gasteiger partial charge is 0.288 e. The lowest BCUT2D eigenvalue weighted by Crippen LogP contribution is -2.15. The van der Waals surface area contributed by atoms with E-state index in [2.05, 4.69) is 4.98 Å². The smallest absolute Gasteiger partial charge is 0.103 e. The lowest BCUT2D eigenvalue weighted by atomic mass is 10.2. The molecule has 4 heteroatoms. The van der Waals surface area contributed by atoms with Crippen LogP contribution in [-0.2, 0) is 0 Å². The van der Waals surface area contributed by atoms with E-state index in [1.54, 1.807) is 30.4 Å². The summed E-state index contributed by atoms with van der Waals surface area (Å²) in [4.78, 5) is 5.02. The van der Waals surface area contributed by atoms with Gasteiger partial charge in [0, 0.05) is 23.5 Å². The minimum atomic E-state index is 0.100. The molecule has 0 fully saturated rings. The van der Waals surface area contributed by atoms with Crippen LogP contribution in [0.25, 0.3) is 4.91 Å². The van der Waals surface area contributed by atoms with Crippen LogP contribution in [0.3, 0.4) is 0 Å². The number of hydrogen-bond donors (Lipinski definition) is 1. The number of rotatable bonds is 1. The molecule has 1 aromatic heterocycles. The van der Waals surface area contributed by atoms with E-state index >= 15 is 0 Å². The molecule has 1 aromatic rings. The van der Waals surface area contributed by atoms with Crippen molar-refractivity contribution in [1.29, 1.82) is 0 Å². The third kappa shape index (κ3) is 1.68. The highest BCUT2D eigenvalue weighted by atomic mass is 32.2. The van der Waals surface area contributed by atoms with Gasteiger partial charge in [-0.05, 0) is 24.6 Å². The minimum Gasteiger partial charge on any atom is -0.288 e. The number of pyridine rings is 1. The van der Waals surface area contributed by atoms with E-state index in [9.17, 15) is 5.21 Å². The Balaban J connectivity index is 2.25. The maximum atomic E-state index is 9.35. The number of hydrogen-bond acceptors (Lipinski definition) is 4. The Hall–Kier alpha value is -1.00. The zero-order valence-electron chi connectivity index (χ0n) is 7.21. The van der Waals surface area contributed by atoms with Crippen molar-refractivity contribution in [2.45, 2.75) is 12.3 Å². The molecule has 0 spiro atoms. The summed E-state index contributed by atoms with van der Waals surface area (Å²) in [5, 5.41) is 10.7. The quantitative estimate of drug-likeness (QED) is 0.743. The van der Waals surface area contributed by atoms with E-state index in [4.69, 9.17) is 0 Å². The number of nitrogens with zero attached hydrogens (tertiary/aromatic N) is 2. The van der Waals surface area contributed by atoms with Crippen molar-refractivity contribution in [1.82, 2.24) is 10.0 Å². The monoisotopic (exact) mass is 194 g/mol. The van der Waals surface area contributed by atoms with Crippen LogP contribution in [0.2, 0.25) is 0 Å². The van der Waals surface area contributed by atoms with E-state index in [-0.39, 0.29) is 5.37 Å². The van der Waals surface area contributed by atoms with Crippen molar-refractivity contribution in [3.8, 4) is 0 Å². The molecule has 68 valence electrons. The Bertz CT molecular complexity index is 326. The second-order valence-corrected chi connectivity index (χ2v) is 4.18. The Morgan fingerprint density at radius 3 is 2.69 bits per heavy atom. The highest BCUT2D eigenvalue weighted by Gasteiger charge is 2.20. The standard InChI is InChI=1S/C9H10N2OS/c1-7-11(12)6-9(13-7)8-2-4-10-5-3-8/h2-7,12H,1H3/t7-/m1/s1. The van der Waals surface area contributed by atoms with Crippen molar-refractivity contribution in [3.63, 3.8) is 0 Å². The van der Waals surface area contributed by atoms with Crippen LogP contribution in [0.5, 0.6) is 0 Å². The maximum Gasteiger partial charge on any atom is 0.103 e. The molecule has 0 amide bonds. The molecule has 0 aromatic carbocycles. The third-order valence-corrected chi connectivity index (χ3v) is 3.04. The summed E-state index contributed by atoms with van der Waals surface area (Å²) in [5.41, 5.74) is 1.10. The average molecular weight is 194 g/mol. The van der Waals surface area contributed by atoms with Gasteiger partial charge < -0.3 is 0 Å². The molecule has 1 aliphatic rings. The maximum absolute atomic E-state index is 9.35. The molecule has 13 heavy (non-hydrogen) atoms. The van der Waals surface area contributed by atoms with Crippen LogP contribution in [0.15, 0.2) is 30.7 Å². The molecule has 0 aliphatic carbocycles. The minimum absolute atomic E-state index is 0.100. The van der Waals surface area contributed by atoms with E-state index in [0.29, 0.717) is 0 Å². The molecular weight excluding hydrogens is 184 g/mol. The van der Waals surface area contributed by atoms with Gasteiger partial charge in [-0.2, -0.15) is 0 Å². The van der Waals surface area contributed by atoms with Gasteiger partial charge in [-0.1, -0.05) is 11.8 Å². The molecular formula is C9H10N2OS. The highest BCUT2D eigenvalue weighted by molar-refractivity contribution is 8.09. The van der Waals surface area contributed by atoms with Crippen LogP contribution in [0, 0.1) is 0 Å². The fourth-order valence-electron chi connectivity index (χ4n) is 1.15. The molecule has 1 atom stereocenters. The number of thioether (sulfide) groups is 1. The molecule has 1 N–H and O–H groups in total. The molecule has 0 unspecified atom stereocenters. The summed E-state index contributed by atoms with van der Waals surface area (Å²) in [6, 6.07) is 3.87. The van der Waals surface area contributed by atoms with E-state index in [1.165, 1.54) is 5.06 Å². The summed E-state index contributed by atoms with van der Waals surface area (Å²) in [6.45, 7) is 1.95. The van der Waals surface area contributed by atoms with Gasteiger partial charge in [0.2, 0.25) is 0 Å². The van der Waals surface area contributed by atoms with Gasteiger partial charge in [0.1, 0.15) is 5.37 Å². The predicted molar refractivity (Wildman–Crippen MR) is 52.9 cm³/mol. The zero-order chi connectivity index (χ0) is 9.26. The normalized spacial score (nSPS) is 21.8. The first-order valence-electron chi connectivity index (χ1n) is 4.03. The Labute approximate surface area is 81.0 Å². The van der Waals surface area contributed by atoms with Gasteiger partial charge in [0.05, 0.1) is 0 Å². The molecule has 2 heterocycles. The van der Waals surface area contributed by atoms with Crippen molar-refractivity contribution < 1.29 is 5.21 Å². The molecule has 0 saturated heterocycles. The molecule has 0 radical (unpaired) electrons. The summed E-state index contributed by atoms with van der Waals surface area (Å²) in [6.07, 6.45) is 5.24. The van der Waals surface area contributed by atoms with Crippen LogP contribution in [0.4, 0.5) is 0 Å². The lowest BCUT2D eigenvalue weighted by Gasteiger charge is -2.10. The second kappa shape index (κ2) is 3.40. The Kier molecular flexibility index (Phi) is 2.24. The Morgan fingerprint density at radius 2 is 2.15 bits per heavy atom. The van der Waals surface area contributed by atoms with Crippen molar-refractivity contribution in [3.05, 3.63) is 36.3 Å². The molecule has 0 bridgehead atoms. The van der Waals surface area contributed by atoms with Crippen LogP contribution < -0.4 is 0 Å². The number of aromatic nitrogens is 1. The second-order valence-electron chi connectivity index (χ2n) is 2.83. The SMILES string of the molecule is C[C@H]1SC(c2ccncc2)=CN1O. The first kappa shape index (κ1) is 8.59. The molecule has 3 nitrogen and oxygen atoms in total. The predicted octanol–water partition coefficient (Wildman–Crippen LogP) is 2.16. The van der Waals surface area contributed by atoms with Crippen molar-refractivity contribution in [2.24, 2.45) is 0 Å². The van der Waals surface area contributed by atoms with E-state index < -0.39 is 0 Å². The van der Waals surface area contributed by atoms with E-state index in [0.717, 1.165) is 10.5 Å². The Morgan fingerprint density at radius 1 is 1.46 bits per heavy atom. The van der Waals surface area contributed by atoms with Crippen molar-refractivity contribution in [2.75, 3.05) is 0 Å². The molecule has 0 saturated carbocycles. The topological polar surface area (TPSA) is 36.4 Å². The lowest BCUT2D eigenvalue weighted by molar-refractivity contribution is -0.0433. The highest BCUT2D eigenvalue weighted by Crippen LogP contribution is 2.37. The molecule has 1 aliphatic heterocycles. The first-order valence-corrected chi connectivity index (χ1v) is 4.91. The van der Waals surface area contributed by atoms with Crippen molar-refractivity contribution >= 4 is 16.7 Å². The van der Waals surface area contributed by atoms with E-state index in [1.807, 2.05) is 19.1 Å². The van der Waals surface area contributed by atoms with Gasteiger partial charge in [-0.25, -0.2) is 0 Å². The first-order chi connectivity index (χ1) is 6.27.